The van der Waals surface area contributed by atoms with Crippen LogP contribution in [0.1, 0.15) is 39.2 Å². The molecule has 96 valence electrons. The second-order valence-corrected chi connectivity index (χ2v) is 4.73. The Labute approximate surface area is 106 Å². The molecule has 1 aromatic rings. The molecule has 1 rings (SSSR count). The summed E-state index contributed by atoms with van der Waals surface area (Å²) in [5.74, 6) is 0.611. The number of nitrogens with one attached hydrogen (secondary N) is 1. The van der Waals surface area contributed by atoms with Crippen molar-refractivity contribution in [2.24, 2.45) is 0 Å². The molecule has 1 aromatic carbocycles. The van der Waals surface area contributed by atoms with Crippen LogP contribution >= 0.6 is 0 Å². The molecule has 0 heterocycles. The molecular formula is C15H26N2. The summed E-state index contributed by atoms with van der Waals surface area (Å²) in [6.07, 6.45) is 0. The van der Waals surface area contributed by atoms with E-state index in [2.05, 4.69) is 62.2 Å². The third kappa shape index (κ3) is 4.78. The Bertz CT molecular complexity index is 299. The van der Waals surface area contributed by atoms with Gasteiger partial charge >= 0.3 is 0 Å². The fourth-order valence-corrected chi connectivity index (χ4v) is 1.88. The lowest BCUT2D eigenvalue weighted by atomic mass is 10.0. The van der Waals surface area contributed by atoms with E-state index in [0.717, 1.165) is 26.2 Å². The molecule has 0 aliphatic carbocycles. The van der Waals surface area contributed by atoms with Crippen LogP contribution in [0.15, 0.2) is 24.3 Å². The van der Waals surface area contributed by atoms with Crippen LogP contribution in [0.2, 0.25) is 0 Å². The predicted molar refractivity (Wildman–Crippen MR) is 76.8 cm³/mol. The monoisotopic (exact) mass is 234 g/mol. The summed E-state index contributed by atoms with van der Waals surface area (Å²) in [5, 5.41) is 3.47. The van der Waals surface area contributed by atoms with Gasteiger partial charge in [0.1, 0.15) is 0 Å². The van der Waals surface area contributed by atoms with Gasteiger partial charge in [0.25, 0.3) is 0 Å². The van der Waals surface area contributed by atoms with Gasteiger partial charge in [-0.25, -0.2) is 0 Å². The van der Waals surface area contributed by atoms with Gasteiger partial charge in [-0.1, -0.05) is 39.8 Å². The third-order valence-electron chi connectivity index (χ3n) is 3.23. The largest absolute Gasteiger partial charge is 0.384 e. The first-order chi connectivity index (χ1) is 8.17. The van der Waals surface area contributed by atoms with E-state index in [1.54, 1.807) is 0 Å². The van der Waals surface area contributed by atoms with Crippen LogP contribution in [0, 0.1) is 0 Å². The maximum absolute atomic E-state index is 3.47. The number of anilines is 1. The van der Waals surface area contributed by atoms with Crippen LogP contribution in [0.4, 0.5) is 5.69 Å². The van der Waals surface area contributed by atoms with Gasteiger partial charge in [-0.2, -0.15) is 0 Å². The average Bonchev–Trinajstić information content (AvgIpc) is 2.35. The first-order valence-corrected chi connectivity index (χ1v) is 6.73. The number of benzene rings is 1. The molecule has 0 aliphatic rings. The van der Waals surface area contributed by atoms with Gasteiger partial charge in [-0.15, -0.1) is 0 Å². The van der Waals surface area contributed by atoms with Crippen molar-refractivity contribution < 1.29 is 0 Å². The van der Waals surface area contributed by atoms with Crippen LogP contribution in [-0.4, -0.2) is 31.1 Å². The third-order valence-corrected chi connectivity index (χ3v) is 3.23. The number of hydrogen-bond donors (Lipinski definition) is 1. The van der Waals surface area contributed by atoms with Crippen molar-refractivity contribution in [2.75, 3.05) is 31.5 Å². The zero-order valence-electron chi connectivity index (χ0n) is 11.7. The van der Waals surface area contributed by atoms with Crippen molar-refractivity contribution in [3.63, 3.8) is 0 Å². The molecule has 0 fully saturated rings. The molecule has 1 N–H and O–H groups in total. The van der Waals surface area contributed by atoms with Crippen molar-refractivity contribution in [1.29, 1.82) is 0 Å². The lowest BCUT2D eigenvalue weighted by Crippen LogP contribution is -2.28. The van der Waals surface area contributed by atoms with Crippen LogP contribution in [0.25, 0.3) is 0 Å². The minimum absolute atomic E-state index is 0.611. The summed E-state index contributed by atoms with van der Waals surface area (Å²) in [7, 11) is 0. The fourth-order valence-electron chi connectivity index (χ4n) is 1.88. The molecule has 0 amide bonds. The van der Waals surface area contributed by atoms with Crippen LogP contribution in [0.3, 0.4) is 0 Å². The lowest BCUT2D eigenvalue weighted by molar-refractivity contribution is 0.316. The average molecular weight is 234 g/mol. The molecule has 0 aliphatic heterocycles. The highest BCUT2D eigenvalue weighted by atomic mass is 15.1. The Morgan fingerprint density at radius 1 is 1.06 bits per heavy atom. The summed E-state index contributed by atoms with van der Waals surface area (Å²) in [5.41, 5.74) is 2.63. The second kappa shape index (κ2) is 7.33. The topological polar surface area (TPSA) is 15.3 Å². The highest BCUT2D eigenvalue weighted by molar-refractivity contribution is 5.45. The molecule has 0 saturated heterocycles. The molecule has 2 heteroatoms. The van der Waals surface area contributed by atoms with Gasteiger partial charge in [0.05, 0.1) is 0 Å². The Morgan fingerprint density at radius 3 is 2.12 bits per heavy atom. The summed E-state index contributed by atoms with van der Waals surface area (Å²) in [4.78, 5) is 2.43. The van der Waals surface area contributed by atoms with Gasteiger partial charge in [-0.05, 0) is 36.7 Å². The SMILES string of the molecule is CCN(CC)CCNc1ccc(C(C)C)cc1. The van der Waals surface area contributed by atoms with E-state index in [9.17, 15) is 0 Å². The number of hydrogen-bond acceptors (Lipinski definition) is 2. The minimum Gasteiger partial charge on any atom is -0.384 e. The van der Waals surface area contributed by atoms with Crippen molar-refractivity contribution >= 4 is 5.69 Å². The molecule has 0 aromatic heterocycles. The van der Waals surface area contributed by atoms with E-state index in [1.165, 1.54) is 11.3 Å². The fraction of sp³-hybridized carbons (Fsp3) is 0.600. The van der Waals surface area contributed by atoms with Crippen molar-refractivity contribution in [2.45, 2.75) is 33.6 Å². The quantitative estimate of drug-likeness (QED) is 0.776. The van der Waals surface area contributed by atoms with E-state index in [1.807, 2.05) is 0 Å². The molecule has 0 bridgehead atoms. The van der Waals surface area contributed by atoms with Crippen molar-refractivity contribution in [1.82, 2.24) is 4.90 Å². The maximum Gasteiger partial charge on any atom is 0.0340 e. The first kappa shape index (κ1) is 14.0. The van der Waals surface area contributed by atoms with Gasteiger partial charge in [0.15, 0.2) is 0 Å². The van der Waals surface area contributed by atoms with E-state index in [0.29, 0.717) is 5.92 Å². The molecule has 0 atom stereocenters. The number of rotatable bonds is 7. The number of likely N-dealkylation sites (N-methyl/N-ethyl adjacent to an activating group) is 1. The van der Waals surface area contributed by atoms with Crippen LogP contribution in [0.5, 0.6) is 0 Å². The van der Waals surface area contributed by atoms with E-state index >= 15 is 0 Å². The van der Waals surface area contributed by atoms with Crippen molar-refractivity contribution in [3.05, 3.63) is 29.8 Å². The molecular weight excluding hydrogens is 208 g/mol. The smallest absolute Gasteiger partial charge is 0.0340 e. The Kier molecular flexibility index (Phi) is 6.06. The maximum atomic E-state index is 3.47. The van der Waals surface area contributed by atoms with Gasteiger partial charge in [0.2, 0.25) is 0 Å². The zero-order chi connectivity index (χ0) is 12.7. The Balaban J connectivity index is 2.37. The molecule has 17 heavy (non-hydrogen) atoms. The Morgan fingerprint density at radius 2 is 1.65 bits per heavy atom. The lowest BCUT2D eigenvalue weighted by Gasteiger charge is -2.18. The molecule has 2 nitrogen and oxygen atoms in total. The van der Waals surface area contributed by atoms with Crippen LogP contribution in [-0.2, 0) is 0 Å². The zero-order valence-corrected chi connectivity index (χ0v) is 11.7. The second-order valence-electron chi connectivity index (χ2n) is 4.73. The molecule has 0 radical (unpaired) electrons. The highest BCUT2D eigenvalue weighted by Crippen LogP contribution is 2.16. The number of nitrogens with zero attached hydrogens (tertiary/aromatic N) is 1. The molecule has 0 saturated carbocycles. The molecule has 0 unspecified atom stereocenters. The van der Waals surface area contributed by atoms with E-state index < -0.39 is 0 Å². The van der Waals surface area contributed by atoms with Crippen LogP contribution < -0.4 is 5.32 Å². The summed E-state index contributed by atoms with van der Waals surface area (Å²) in [6, 6.07) is 8.78. The van der Waals surface area contributed by atoms with E-state index in [-0.39, 0.29) is 0 Å². The van der Waals surface area contributed by atoms with Crippen molar-refractivity contribution in [3.8, 4) is 0 Å². The summed E-state index contributed by atoms with van der Waals surface area (Å²) in [6.45, 7) is 13.3. The Hall–Kier alpha value is -1.02. The summed E-state index contributed by atoms with van der Waals surface area (Å²) >= 11 is 0. The standard InChI is InChI=1S/C15H26N2/c1-5-17(6-2)12-11-16-15-9-7-14(8-10-15)13(3)4/h7-10,13,16H,5-6,11-12H2,1-4H3. The predicted octanol–water partition coefficient (Wildman–Crippen LogP) is 3.56. The van der Waals surface area contributed by atoms with Gasteiger partial charge in [0, 0.05) is 18.8 Å². The molecule has 0 spiro atoms. The summed E-state index contributed by atoms with van der Waals surface area (Å²) < 4.78 is 0. The minimum atomic E-state index is 0.611. The highest BCUT2D eigenvalue weighted by Gasteiger charge is 2.00. The first-order valence-electron chi connectivity index (χ1n) is 6.73. The normalized spacial score (nSPS) is 11.2. The van der Waals surface area contributed by atoms with E-state index in [4.69, 9.17) is 0 Å². The van der Waals surface area contributed by atoms with Gasteiger partial charge < -0.3 is 10.2 Å². The van der Waals surface area contributed by atoms with Gasteiger partial charge in [-0.3, -0.25) is 0 Å².